The summed E-state index contributed by atoms with van der Waals surface area (Å²) in [5.74, 6) is 1.23. The van der Waals surface area contributed by atoms with Gasteiger partial charge < -0.3 is 4.42 Å². The van der Waals surface area contributed by atoms with E-state index < -0.39 is 0 Å². The van der Waals surface area contributed by atoms with Crippen LogP contribution in [0.5, 0.6) is 0 Å². The van der Waals surface area contributed by atoms with Gasteiger partial charge in [0.2, 0.25) is 11.8 Å². The lowest BCUT2D eigenvalue weighted by molar-refractivity contribution is 0.517. The van der Waals surface area contributed by atoms with Crippen LogP contribution in [0.1, 0.15) is 64.1 Å². The zero-order chi connectivity index (χ0) is 18.9. The maximum absolute atomic E-state index is 5.99. The molecule has 0 amide bonds. The second-order valence-corrected chi connectivity index (χ2v) is 8.96. The van der Waals surface area contributed by atoms with E-state index in [9.17, 15) is 0 Å². The fourth-order valence-corrected chi connectivity index (χ4v) is 2.83. The molecule has 0 aliphatic carbocycles. The monoisotopic (exact) mass is 348 g/mol. The van der Waals surface area contributed by atoms with Crippen molar-refractivity contribution >= 4 is 0 Å². The highest BCUT2D eigenvalue weighted by atomic mass is 16.4. The van der Waals surface area contributed by atoms with Crippen LogP contribution in [-0.4, -0.2) is 10.2 Å². The molecule has 1 aromatic heterocycles. The maximum Gasteiger partial charge on any atom is 0.247 e. The van der Waals surface area contributed by atoms with Crippen molar-refractivity contribution in [2.75, 3.05) is 0 Å². The molecule has 3 aromatic rings. The third-order valence-electron chi connectivity index (χ3n) is 4.58. The molecule has 3 heteroatoms. The lowest BCUT2D eigenvalue weighted by Crippen LogP contribution is -2.16. The largest absolute Gasteiger partial charge is 0.420 e. The molecule has 0 aliphatic heterocycles. The first-order valence-electron chi connectivity index (χ1n) is 9.16. The molecule has 0 saturated heterocycles. The van der Waals surface area contributed by atoms with E-state index in [1.807, 2.05) is 18.2 Å². The Morgan fingerprint density at radius 3 is 1.88 bits per heavy atom. The number of benzene rings is 2. The zero-order valence-corrected chi connectivity index (χ0v) is 16.6. The van der Waals surface area contributed by atoms with Gasteiger partial charge in [-0.15, -0.1) is 10.2 Å². The van der Waals surface area contributed by atoms with Crippen molar-refractivity contribution in [2.24, 2.45) is 0 Å². The Hall–Kier alpha value is -2.42. The van der Waals surface area contributed by atoms with Crippen molar-refractivity contribution in [3.8, 4) is 11.5 Å². The molecular formula is C23H28N2O. The van der Waals surface area contributed by atoms with Gasteiger partial charge in [0.05, 0.1) is 6.42 Å². The SMILES string of the molecule is CC(C)(C)c1cc(-c2nnc(Cc3ccccc3)o2)cc(C(C)(C)C)c1. The third-order valence-corrected chi connectivity index (χ3v) is 4.58. The van der Waals surface area contributed by atoms with Crippen LogP contribution in [-0.2, 0) is 17.3 Å². The van der Waals surface area contributed by atoms with E-state index in [2.05, 4.69) is 82.1 Å². The molecule has 0 unspecified atom stereocenters. The molecule has 0 atom stereocenters. The third kappa shape index (κ3) is 4.21. The summed E-state index contributed by atoms with van der Waals surface area (Å²) in [7, 11) is 0. The highest BCUT2D eigenvalue weighted by Crippen LogP contribution is 2.33. The van der Waals surface area contributed by atoms with E-state index in [0.717, 1.165) is 5.56 Å². The molecule has 26 heavy (non-hydrogen) atoms. The van der Waals surface area contributed by atoms with Crippen molar-refractivity contribution < 1.29 is 4.42 Å². The lowest BCUT2D eigenvalue weighted by Gasteiger charge is -2.25. The Morgan fingerprint density at radius 2 is 1.35 bits per heavy atom. The Morgan fingerprint density at radius 1 is 0.769 bits per heavy atom. The Labute approximate surface area is 156 Å². The quantitative estimate of drug-likeness (QED) is 0.589. The average molecular weight is 348 g/mol. The predicted octanol–water partition coefficient (Wildman–Crippen LogP) is 5.92. The highest BCUT2D eigenvalue weighted by molar-refractivity contribution is 5.57. The van der Waals surface area contributed by atoms with Gasteiger partial charge >= 0.3 is 0 Å². The van der Waals surface area contributed by atoms with Crippen molar-refractivity contribution in [3.05, 3.63) is 71.1 Å². The van der Waals surface area contributed by atoms with Crippen molar-refractivity contribution in [1.82, 2.24) is 10.2 Å². The number of rotatable bonds is 3. The van der Waals surface area contributed by atoms with Crippen LogP contribution in [0.2, 0.25) is 0 Å². The van der Waals surface area contributed by atoms with E-state index in [1.54, 1.807) is 0 Å². The summed E-state index contributed by atoms with van der Waals surface area (Å²) in [5.41, 5.74) is 4.84. The van der Waals surface area contributed by atoms with Gasteiger partial charge in [0.1, 0.15) is 0 Å². The smallest absolute Gasteiger partial charge is 0.247 e. The molecule has 0 bridgehead atoms. The van der Waals surface area contributed by atoms with Crippen molar-refractivity contribution in [3.63, 3.8) is 0 Å². The van der Waals surface area contributed by atoms with Gasteiger partial charge in [-0.05, 0) is 39.7 Å². The minimum atomic E-state index is 0.0584. The number of hydrogen-bond donors (Lipinski definition) is 0. The Kier molecular flexibility index (Phi) is 4.74. The molecule has 2 aromatic carbocycles. The summed E-state index contributed by atoms with van der Waals surface area (Å²) < 4.78 is 5.99. The summed E-state index contributed by atoms with van der Waals surface area (Å²) in [4.78, 5) is 0. The molecule has 136 valence electrons. The van der Waals surface area contributed by atoms with Gasteiger partial charge in [0.25, 0.3) is 0 Å². The molecule has 0 radical (unpaired) electrons. The molecule has 3 nitrogen and oxygen atoms in total. The Bertz CT molecular complexity index is 848. The molecule has 0 N–H and O–H groups in total. The van der Waals surface area contributed by atoms with Crippen LogP contribution >= 0.6 is 0 Å². The van der Waals surface area contributed by atoms with E-state index in [-0.39, 0.29) is 10.8 Å². The van der Waals surface area contributed by atoms with Gasteiger partial charge in [0.15, 0.2) is 0 Å². The predicted molar refractivity (Wildman–Crippen MR) is 106 cm³/mol. The molecule has 0 aliphatic rings. The minimum Gasteiger partial charge on any atom is -0.420 e. The van der Waals surface area contributed by atoms with Gasteiger partial charge in [-0.1, -0.05) is 77.9 Å². The number of aromatic nitrogens is 2. The van der Waals surface area contributed by atoms with Crippen LogP contribution in [0.15, 0.2) is 52.9 Å². The lowest BCUT2D eigenvalue weighted by atomic mass is 9.79. The fourth-order valence-electron chi connectivity index (χ4n) is 2.83. The second-order valence-electron chi connectivity index (χ2n) is 8.96. The normalized spacial score (nSPS) is 12.4. The van der Waals surface area contributed by atoms with Crippen LogP contribution in [0.4, 0.5) is 0 Å². The van der Waals surface area contributed by atoms with E-state index in [4.69, 9.17) is 4.42 Å². The fraction of sp³-hybridized carbons (Fsp3) is 0.391. The van der Waals surface area contributed by atoms with Crippen LogP contribution < -0.4 is 0 Å². The molecule has 0 spiro atoms. The van der Waals surface area contributed by atoms with Crippen LogP contribution in [0, 0.1) is 0 Å². The topological polar surface area (TPSA) is 38.9 Å². The summed E-state index contributed by atoms with van der Waals surface area (Å²) in [5, 5.41) is 8.57. The summed E-state index contributed by atoms with van der Waals surface area (Å²) >= 11 is 0. The van der Waals surface area contributed by atoms with Gasteiger partial charge in [-0.3, -0.25) is 0 Å². The maximum atomic E-state index is 5.99. The van der Waals surface area contributed by atoms with Crippen molar-refractivity contribution in [2.45, 2.75) is 58.8 Å². The van der Waals surface area contributed by atoms with E-state index >= 15 is 0 Å². The first-order valence-corrected chi connectivity index (χ1v) is 9.16. The van der Waals surface area contributed by atoms with Gasteiger partial charge in [-0.25, -0.2) is 0 Å². The highest BCUT2D eigenvalue weighted by Gasteiger charge is 2.22. The van der Waals surface area contributed by atoms with Crippen LogP contribution in [0.25, 0.3) is 11.5 Å². The molecule has 0 fully saturated rings. The standard InChI is InChI=1S/C23H28N2O/c1-22(2,3)18-13-17(14-19(15-18)23(4,5)6)21-25-24-20(26-21)12-16-10-8-7-9-11-16/h7-11,13-15H,12H2,1-6H3. The minimum absolute atomic E-state index is 0.0584. The summed E-state index contributed by atoms with van der Waals surface area (Å²) in [6.45, 7) is 13.4. The average Bonchev–Trinajstić information content (AvgIpc) is 3.02. The number of hydrogen-bond acceptors (Lipinski definition) is 3. The first-order chi connectivity index (χ1) is 12.1. The molecule has 1 heterocycles. The molecule has 3 rings (SSSR count). The first kappa shape index (κ1) is 18.4. The van der Waals surface area contributed by atoms with Crippen LogP contribution in [0.3, 0.4) is 0 Å². The number of nitrogens with zero attached hydrogens (tertiary/aromatic N) is 2. The van der Waals surface area contributed by atoms with Crippen molar-refractivity contribution in [1.29, 1.82) is 0 Å². The Balaban J connectivity index is 1.98. The summed E-state index contributed by atoms with van der Waals surface area (Å²) in [6.07, 6.45) is 0.652. The second kappa shape index (κ2) is 6.71. The molecule has 0 saturated carbocycles. The van der Waals surface area contributed by atoms with E-state index in [1.165, 1.54) is 16.7 Å². The van der Waals surface area contributed by atoms with Gasteiger partial charge in [-0.2, -0.15) is 0 Å². The van der Waals surface area contributed by atoms with Gasteiger partial charge in [0, 0.05) is 5.56 Å². The zero-order valence-electron chi connectivity index (χ0n) is 16.6. The van der Waals surface area contributed by atoms with E-state index in [0.29, 0.717) is 18.2 Å². The molecular weight excluding hydrogens is 320 g/mol. The summed E-state index contributed by atoms with van der Waals surface area (Å²) in [6, 6.07) is 16.8.